The van der Waals surface area contributed by atoms with Crippen LogP contribution in [0.5, 0.6) is 0 Å². The van der Waals surface area contributed by atoms with Crippen molar-refractivity contribution >= 4 is 15.9 Å². The summed E-state index contributed by atoms with van der Waals surface area (Å²) in [5, 5.41) is 0. The first-order chi connectivity index (χ1) is 7.27. The van der Waals surface area contributed by atoms with E-state index in [0.29, 0.717) is 0 Å². The van der Waals surface area contributed by atoms with Gasteiger partial charge in [-0.05, 0) is 35.4 Å². The highest BCUT2D eigenvalue weighted by Gasteiger charge is 2.07. The Hall–Kier alpha value is -1.19. The second kappa shape index (κ2) is 4.55. The van der Waals surface area contributed by atoms with Gasteiger partial charge in [0.05, 0.1) is 6.04 Å². The largest absolute Gasteiger partial charge is 0.320 e. The summed E-state index contributed by atoms with van der Waals surface area (Å²) in [5.41, 5.74) is 8.30. The van der Waals surface area contributed by atoms with Crippen LogP contribution in [0.4, 0.5) is 0 Å². The highest BCUT2D eigenvalue weighted by atomic mass is 79.9. The van der Waals surface area contributed by atoms with Crippen molar-refractivity contribution in [2.45, 2.75) is 6.04 Å². The Morgan fingerprint density at radius 1 is 0.933 bits per heavy atom. The van der Waals surface area contributed by atoms with Crippen LogP contribution in [0.1, 0.15) is 17.2 Å². The van der Waals surface area contributed by atoms with Gasteiger partial charge in [-0.2, -0.15) is 0 Å². The molecule has 0 radical (unpaired) electrons. The van der Waals surface area contributed by atoms with Crippen molar-refractivity contribution in [3.63, 3.8) is 0 Å². The van der Waals surface area contributed by atoms with Gasteiger partial charge in [0.1, 0.15) is 0 Å². The Kier molecular flexibility index (Phi) is 3.14. The van der Waals surface area contributed by atoms with E-state index in [4.69, 9.17) is 5.73 Å². The first kappa shape index (κ1) is 10.3. The Morgan fingerprint density at radius 2 is 1.47 bits per heavy atom. The zero-order valence-electron chi connectivity index (χ0n) is 8.10. The molecule has 0 saturated carbocycles. The van der Waals surface area contributed by atoms with Crippen LogP contribution in [-0.4, -0.2) is 4.98 Å². The van der Waals surface area contributed by atoms with E-state index >= 15 is 0 Å². The third-order valence-electron chi connectivity index (χ3n) is 2.29. The maximum Gasteiger partial charge on any atom is 0.0552 e. The minimum atomic E-state index is -0.0823. The second-order valence-electron chi connectivity index (χ2n) is 3.31. The topological polar surface area (TPSA) is 38.9 Å². The SMILES string of the molecule is N[C@H](c1ccncc1)c1ccc(Br)cc1. The van der Waals surface area contributed by atoms with Gasteiger partial charge >= 0.3 is 0 Å². The Morgan fingerprint density at radius 3 is 2.07 bits per heavy atom. The van der Waals surface area contributed by atoms with Crippen molar-refractivity contribution in [3.8, 4) is 0 Å². The zero-order chi connectivity index (χ0) is 10.7. The molecule has 1 aromatic heterocycles. The summed E-state index contributed by atoms with van der Waals surface area (Å²) in [6, 6.07) is 11.8. The van der Waals surface area contributed by atoms with Crippen LogP contribution in [0.15, 0.2) is 53.3 Å². The van der Waals surface area contributed by atoms with E-state index in [1.54, 1.807) is 12.4 Å². The van der Waals surface area contributed by atoms with E-state index < -0.39 is 0 Å². The van der Waals surface area contributed by atoms with Crippen LogP contribution < -0.4 is 5.73 Å². The van der Waals surface area contributed by atoms with Crippen LogP contribution in [0.3, 0.4) is 0 Å². The molecule has 2 aromatic rings. The van der Waals surface area contributed by atoms with Crippen LogP contribution in [0.2, 0.25) is 0 Å². The van der Waals surface area contributed by atoms with E-state index in [-0.39, 0.29) is 6.04 Å². The van der Waals surface area contributed by atoms with Crippen molar-refractivity contribution in [1.82, 2.24) is 4.98 Å². The fraction of sp³-hybridized carbons (Fsp3) is 0.0833. The van der Waals surface area contributed by atoms with Crippen molar-refractivity contribution in [1.29, 1.82) is 0 Å². The molecule has 0 spiro atoms. The van der Waals surface area contributed by atoms with Crippen molar-refractivity contribution in [3.05, 3.63) is 64.4 Å². The molecule has 0 bridgehead atoms. The number of nitrogens with zero attached hydrogens (tertiary/aromatic N) is 1. The number of hydrogen-bond donors (Lipinski definition) is 1. The molecule has 0 aliphatic rings. The summed E-state index contributed by atoms with van der Waals surface area (Å²) < 4.78 is 1.06. The highest BCUT2D eigenvalue weighted by molar-refractivity contribution is 9.10. The third-order valence-corrected chi connectivity index (χ3v) is 2.82. The summed E-state index contributed by atoms with van der Waals surface area (Å²) in [6.07, 6.45) is 3.52. The van der Waals surface area contributed by atoms with Crippen molar-refractivity contribution < 1.29 is 0 Å². The molecule has 76 valence electrons. The number of benzene rings is 1. The third kappa shape index (κ3) is 2.43. The Bertz CT molecular complexity index is 425. The molecule has 2 N–H and O–H groups in total. The lowest BCUT2D eigenvalue weighted by Gasteiger charge is -2.11. The van der Waals surface area contributed by atoms with Crippen LogP contribution in [-0.2, 0) is 0 Å². The van der Waals surface area contributed by atoms with Crippen molar-refractivity contribution in [2.24, 2.45) is 5.73 Å². The molecule has 2 nitrogen and oxygen atoms in total. The van der Waals surface area contributed by atoms with Gasteiger partial charge in [0, 0.05) is 16.9 Å². The summed E-state index contributed by atoms with van der Waals surface area (Å²) in [7, 11) is 0. The first-order valence-corrected chi connectivity index (χ1v) is 5.47. The molecular weight excluding hydrogens is 252 g/mol. The molecule has 0 amide bonds. The predicted octanol–water partition coefficient (Wildman–Crippen LogP) is 2.89. The quantitative estimate of drug-likeness (QED) is 0.904. The molecule has 0 aliphatic carbocycles. The molecule has 15 heavy (non-hydrogen) atoms. The number of nitrogens with two attached hydrogens (primary N) is 1. The van der Waals surface area contributed by atoms with E-state index in [2.05, 4.69) is 20.9 Å². The van der Waals surface area contributed by atoms with Crippen molar-refractivity contribution in [2.75, 3.05) is 0 Å². The maximum atomic E-state index is 6.12. The van der Waals surface area contributed by atoms with Gasteiger partial charge in [0.15, 0.2) is 0 Å². The van der Waals surface area contributed by atoms with E-state index in [9.17, 15) is 0 Å². The van der Waals surface area contributed by atoms with Gasteiger partial charge in [-0.15, -0.1) is 0 Å². The van der Waals surface area contributed by atoms with Gasteiger partial charge < -0.3 is 5.73 Å². The van der Waals surface area contributed by atoms with Gasteiger partial charge in [0.2, 0.25) is 0 Å². The standard InChI is InChI=1S/C12H11BrN2/c13-11-3-1-9(2-4-11)12(14)10-5-7-15-8-6-10/h1-8,12H,14H2/t12-/m0/s1. The highest BCUT2D eigenvalue weighted by Crippen LogP contribution is 2.20. The van der Waals surface area contributed by atoms with Gasteiger partial charge in [-0.3, -0.25) is 4.98 Å². The lowest BCUT2D eigenvalue weighted by atomic mass is 10.0. The minimum Gasteiger partial charge on any atom is -0.320 e. The van der Waals surface area contributed by atoms with E-state index in [1.807, 2.05) is 36.4 Å². The fourth-order valence-electron chi connectivity index (χ4n) is 1.43. The molecule has 3 heteroatoms. The molecule has 0 saturated heterocycles. The number of aromatic nitrogens is 1. The molecule has 1 aromatic carbocycles. The lowest BCUT2D eigenvalue weighted by molar-refractivity contribution is 0.867. The molecule has 0 unspecified atom stereocenters. The predicted molar refractivity (Wildman–Crippen MR) is 64.4 cm³/mol. The van der Waals surface area contributed by atoms with Crippen LogP contribution in [0, 0.1) is 0 Å². The molecule has 0 fully saturated rings. The summed E-state index contributed by atoms with van der Waals surface area (Å²) in [4.78, 5) is 3.97. The fourth-order valence-corrected chi connectivity index (χ4v) is 1.70. The average molecular weight is 263 g/mol. The number of pyridine rings is 1. The number of halogens is 1. The number of hydrogen-bond acceptors (Lipinski definition) is 2. The van der Waals surface area contributed by atoms with Crippen LogP contribution >= 0.6 is 15.9 Å². The Labute approximate surface area is 97.3 Å². The maximum absolute atomic E-state index is 6.12. The van der Waals surface area contributed by atoms with Gasteiger partial charge in [-0.1, -0.05) is 28.1 Å². The molecule has 1 heterocycles. The molecule has 0 aliphatic heterocycles. The summed E-state index contributed by atoms with van der Waals surface area (Å²) >= 11 is 3.40. The summed E-state index contributed by atoms with van der Waals surface area (Å²) in [5.74, 6) is 0. The molecular formula is C12H11BrN2. The second-order valence-corrected chi connectivity index (χ2v) is 4.23. The van der Waals surface area contributed by atoms with E-state index in [0.717, 1.165) is 15.6 Å². The monoisotopic (exact) mass is 262 g/mol. The number of rotatable bonds is 2. The summed E-state index contributed by atoms with van der Waals surface area (Å²) in [6.45, 7) is 0. The molecule has 2 rings (SSSR count). The lowest BCUT2D eigenvalue weighted by Crippen LogP contribution is -2.11. The van der Waals surface area contributed by atoms with E-state index in [1.165, 1.54) is 0 Å². The minimum absolute atomic E-state index is 0.0823. The van der Waals surface area contributed by atoms with Gasteiger partial charge in [0.25, 0.3) is 0 Å². The van der Waals surface area contributed by atoms with Crippen LogP contribution in [0.25, 0.3) is 0 Å². The van der Waals surface area contributed by atoms with Gasteiger partial charge in [-0.25, -0.2) is 0 Å². The average Bonchev–Trinajstić information content (AvgIpc) is 2.30. The Balaban J connectivity index is 2.29. The normalized spacial score (nSPS) is 12.4. The molecule has 1 atom stereocenters. The smallest absolute Gasteiger partial charge is 0.0552 e. The first-order valence-electron chi connectivity index (χ1n) is 4.68. The zero-order valence-corrected chi connectivity index (χ0v) is 9.68.